The fourth-order valence-corrected chi connectivity index (χ4v) is 1.97. The Kier molecular flexibility index (Phi) is 6.75. The molecule has 0 unspecified atom stereocenters. The van der Waals surface area contributed by atoms with E-state index in [-0.39, 0.29) is 23.7 Å². The van der Waals surface area contributed by atoms with E-state index < -0.39 is 6.04 Å². The Labute approximate surface area is 113 Å². The van der Waals surface area contributed by atoms with Crippen LogP contribution in [0, 0.1) is 5.41 Å². The summed E-state index contributed by atoms with van der Waals surface area (Å²) in [6, 6.07) is 1.62. The van der Waals surface area contributed by atoms with Gasteiger partial charge in [0, 0.05) is 6.54 Å². The number of hydrogen-bond donors (Lipinski definition) is 2. The van der Waals surface area contributed by atoms with E-state index in [1.54, 1.807) is 11.3 Å². The number of nitrogens with two attached hydrogens (primary N) is 1. The molecule has 1 aromatic rings. The van der Waals surface area contributed by atoms with E-state index in [2.05, 4.69) is 16.8 Å². The highest BCUT2D eigenvalue weighted by atomic mass is 35.5. The lowest BCUT2D eigenvalue weighted by Crippen LogP contribution is -2.48. The molecule has 0 fully saturated rings. The molecule has 17 heavy (non-hydrogen) atoms. The lowest BCUT2D eigenvalue weighted by molar-refractivity contribution is -0.124. The average molecular weight is 277 g/mol. The van der Waals surface area contributed by atoms with Gasteiger partial charge in [0.25, 0.3) is 0 Å². The molecule has 0 aliphatic rings. The molecule has 1 atom stereocenters. The molecule has 1 aromatic heterocycles. The molecular weight excluding hydrogens is 256 g/mol. The molecule has 0 bridgehead atoms. The summed E-state index contributed by atoms with van der Waals surface area (Å²) in [4.78, 5) is 11.7. The SMILES string of the molecule is CC(C)(C)[C@H](N)C(=O)NCCc1ccsc1.Cl. The lowest BCUT2D eigenvalue weighted by atomic mass is 9.87. The summed E-state index contributed by atoms with van der Waals surface area (Å²) in [5.41, 5.74) is 6.91. The van der Waals surface area contributed by atoms with E-state index in [4.69, 9.17) is 5.73 Å². The van der Waals surface area contributed by atoms with Crippen molar-refractivity contribution < 1.29 is 4.79 Å². The number of nitrogens with one attached hydrogen (secondary N) is 1. The van der Waals surface area contributed by atoms with Crippen molar-refractivity contribution in [3.8, 4) is 0 Å². The molecule has 0 saturated heterocycles. The summed E-state index contributed by atoms with van der Waals surface area (Å²) in [6.45, 7) is 6.56. The molecule has 0 spiro atoms. The number of carbonyl (C=O) groups excluding carboxylic acids is 1. The third kappa shape index (κ3) is 5.52. The van der Waals surface area contributed by atoms with Crippen molar-refractivity contribution in [3.05, 3.63) is 22.4 Å². The molecule has 0 radical (unpaired) electrons. The fourth-order valence-electron chi connectivity index (χ4n) is 1.27. The van der Waals surface area contributed by atoms with Crippen LogP contribution in [0.5, 0.6) is 0 Å². The second-order valence-electron chi connectivity index (χ2n) is 5.02. The van der Waals surface area contributed by atoms with E-state index in [0.717, 1.165) is 6.42 Å². The van der Waals surface area contributed by atoms with Crippen LogP contribution in [0.2, 0.25) is 0 Å². The number of carbonyl (C=O) groups is 1. The Balaban J connectivity index is 0.00000256. The van der Waals surface area contributed by atoms with E-state index in [9.17, 15) is 4.79 Å². The molecule has 98 valence electrons. The molecular formula is C12H21ClN2OS. The van der Waals surface area contributed by atoms with Gasteiger partial charge in [-0.05, 0) is 34.2 Å². The summed E-state index contributed by atoms with van der Waals surface area (Å²) >= 11 is 1.67. The van der Waals surface area contributed by atoms with Crippen molar-refractivity contribution in [1.82, 2.24) is 5.32 Å². The Morgan fingerprint density at radius 3 is 2.65 bits per heavy atom. The number of amides is 1. The van der Waals surface area contributed by atoms with Crippen molar-refractivity contribution >= 4 is 29.7 Å². The molecule has 1 heterocycles. The molecule has 0 aliphatic carbocycles. The Hall–Kier alpha value is -0.580. The molecule has 1 rings (SSSR count). The van der Waals surface area contributed by atoms with Gasteiger partial charge in [-0.1, -0.05) is 20.8 Å². The van der Waals surface area contributed by atoms with Gasteiger partial charge >= 0.3 is 0 Å². The molecule has 5 heteroatoms. The highest BCUT2D eigenvalue weighted by molar-refractivity contribution is 7.07. The zero-order chi connectivity index (χ0) is 12.2. The van der Waals surface area contributed by atoms with E-state index >= 15 is 0 Å². The van der Waals surface area contributed by atoms with Gasteiger partial charge in [-0.2, -0.15) is 11.3 Å². The molecule has 0 saturated carbocycles. The number of rotatable bonds is 4. The number of halogens is 1. The minimum atomic E-state index is -0.449. The van der Waals surface area contributed by atoms with Gasteiger partial charge in [0.1, 0.15) is 0 Å². The van der Waals surface area contributed by atoms with Gasteiger partial charge in [0.15, 0.2) is 0 Å². The van der Waals surface area contributed by atoms with Crippen molar-refractivity contribution in [2.75, 3.05) is 6.54 Å². The van der Waals surface area contributed by atoms with Crippen molar-refractivity contribution in [2.24, 2.45) is 11.1 Å². The summed E-state index contributed by atoms with van der Waals surface area (Å²) < 4.78 is 0. The van der Waals surface area contributed by atoms with Gasteiger partial charge in [-0.15, -0.1) is 12.4 Å². The van der Waals surface area contributed by atoms with Crippen LogP contribution < -0.4 is 11.1 Å². The minimum Gasteiger partial charge on any atom is -0.354 e. The highest BCUT2D eigenvalue weighted by Crippen LogP contribution is 2.17. The monoisotopic (exact) mass is 276 g/mol. The first-order valence-corrected chi connectivity index (χ1v) is 6.40. The summed E-state index contributed by atoms with van der Waals surface area (Å²) in [5.74, 6) is -0.0669. The first kappa shape index (κ1) is 16.4. The largest absolute Gasteiger partial charge is 0.354 e. The quantitative estimate of drug-likeness (QED) is 0.886. The Morgan fingerprint density at radius 2 is 2.18 bits per heavy atom. The van der Waals surface area contributed by atoms with Crippen molar-refractivity contribution in [2.45, 2.75) is 33.2 Å². The summed E-state index contributed by atoms with van der Waals surface area (Å²) in [6.07, 6.45) is 0.867. The lowest BCUT2D eigenvalue weighted by Gasteiger charge is -2.25. The third-order valence-electron chi connectivity index (χ3n) is 2.51. The molecule has 1 amide bonds. The second-order valence-corrected chi connectivity index (χ2v) is 5.80. The summed E-state index contributed by atoms with van der Waals surface area (Å²) in [7, 11) is 0. The van der Waals surface area contributed by atoms with Crippen molar-refractivity contribution in [1.29, 1.82) is 0 Å². The van der Waals surface area contributed by atoms with E-state index in [0.29, 0.717) is 6.54 Å². The number of hydrogen-bond acceptors (Lipinski definition) is 3. The maximum absolute atomic E-state index is 11.7. The van der Waals surface area contributed by atoms with Crippen LogP contribution in [-0.2, 0) is 11.2 Å². The molecule has 0 aliphatic heterocycles. The maximum atomic E-state index is 11.7. The molecule has 3 nitrogen and oxygen atoms in total. The number of thiophene rings is 1. The first-order chi connectivity index (χ1) is 7.41. The second kappa shape index (κ2) is 6.99. The van der Waals surface area contributed by atoms with Gasteiger partial charge in [-0.3, -0.25) is 4.79 Å². The fraction of sp³-hybridized carbons (Fsp3) is 0.583. The molecule has 0 aromatic carbocycles. The van der Waals surface area contributed by atoms with Gasteiger partial charge < -0.3 is 11.1 Å². The van der Waals surface area contributed by atoms with Gasteiger partial charge in [0.2, 0.25) is 5.91 Å². The van der Waals surface area contributed by atoms with Crippen LogP contribution in [0.4, 0.5) is 0 Å². The third-order valence-corrected chi connectivity index (χ3v) is 3.24. The predicted molar refractivity (Wildman–Crippen MR) is 75.7 cm³/mol. The van der Waals surface area contributed by atoms with Gasteiger partial charge in [-0.25, -0.2) is 0 Å². The predicted octanol–water partition coefficient (Wildman–Crippen LogP) is 2.20. The van der Waals surface area contributed by atoms with Crippen LogP contribution in [-0.4, -0.2) is 18.5 Å². The van der Waals surface area contributed by atoms with E-state index in [1.165, 1.54) is 5.56 Å². The zero-order valence-electron chi connectivity index (χ0n) is 10.5. The van der Waals surface area contributed by atoms with Crippen LogP contribution in [0.15, 0.2) is 16.8 Å². The zero-order valence-corrected chi connectivity index (χ0v) is 12.2. The first-order valence-electron chi connectivity index (χ1n) is 5.45. The molecule has 3 N–H and O–H groups in total. The van der Waals surface area contributed by atoms with E-state index in [1.807, 2.05) is 26.2 Å². The Morgan fingerprint density at radius 1 is 1.53 bits per heavy atom. The topological polar surface area (TPSA) is 55.1 Å². The minimum absolute atomic E-state index is 0. The van der Waals surface area contributed by atoms with Crippen LogP contribution >= 0.6 is 23.7 Å². The van der Waals surface area contributed by atoms with Crippen LogP contribution in [0.3, 0.4) is 0 Å². The normalized spacial score (nSPS) is 12.7. The summed E-state index contributed by atoms with van der Waals surface area (Å²) in [5, 5.41) is 7.00. The van der Waals surface area contributed by atoms with Crippen LogP contribution in [0.1, 0.15) is 26.3 Å². The average Bonchev–Trinajstić information content (AvgIpc) is 2.67. The maximum Gasteiger partial charge on any atom is 0.237 e. The standard InChI is InChI=1S/C12H20N2OS.ClH/c1-12(2,3)10(13)11(15)14-6-4-9-5-7-16-8-9;/h5,7-8,10H,4,6,13H2,1-3H3,(H,14,15);1H/t10-;/m1./s1. The Bertz CT molecular complexity index is 333. The van der Waals surface area contributed by atoms with Gasteiger partial charge in [0.05, 0.1) is 6.04 Å². The highest BCUT2D eigenvalue weighted by Gasteiger charge is 2.26. The van der Waals surface area contributed by atoms with Crippen LogP contribution in [0.25, 0.3) is 0 Å². The smallest absolute Gasteiger partial charge is 0.237 e. The van der Waals surface area contributed by atoms with Crippen molar-refractivity contribution in [3.63, 3.8) is 0 Å².